The van der Waals surface area contributed by atoms with Gasteiger partial charge in [-0.15, -0.1) is 12.4 Å². The van der Waals surface area contributed by atoms with Gasteiger partial charge in [-0.3, -0.25) is 24.2 Å². The zero-order chi connectivity index (χ0) is 24.4. The first-order chi connectivity index (χ1) is 16.3. The van der Waals surface area contributed by atoms with Crippen LogP contribution in [-0.4, -0.2) is 53.8 Å². The molecule has 1 aliphatic rings. The molecule has 0 N–H and O–H groups in total. The highest BCUT2D eigenvalue weighted by atomic mass is 35.5. The van der Waals surface area contributed by atoms with Crippen LogP contribution in [0.25, 0.3) is 10.2 Å². The number of nitrogens with zero attached hydrogens (tertiary/aromatic N) is 4. The third kappa shape index (κ3) is 5.39. The molecule has 2 aromatic carbocycles. The summed E-state index contributed by atoms with van der Waals surface area (Å²) in [6.45, 7) is 11.4. The van der Waals surface area contributed by atoms with Crippen LogP contribution in [0, 0.1) is 13.8 Å². The molecule has 0 bridgehead atoms. The fourth-order valence-corrected chi connectivity index (χ4v) is 5.22. The van der Waals surface area contributed by atoms with Crippen molar-refractivity contribution < 1.29 is 14.4 Å². The predicted octanol–water partition coefficient (Wildman–Crippen LogP) is 4.98. The number of carbonyl (C=O) groups excluding carboxylic acids is 3. The number of aryl methyl sites for hydroxylation is 2. The van der Waals surface area contributed by atoms with Crippen LogP contribution in [-0.2, 0) is 9.59 Å². The molecule has 7 nitrogen and oxygen atoms in total. The highest BCUT2D eigenvalue weighted by molar-refractivity contribution is 7.22. The van der Waals surface area contributed by atoms with Gasteiger partial charge in [-0.25, -0.2) is 4.98 Å². The standard InChI is InChI=1S/C26H30N4O3S.ClH/c1-5-28(6-2)15-16-29(26-27-24-18(4)17(3)7-12-21(24)34-26)25(33)19-8-10-20(11-9-19)30-22(31)13-14-23(30)32;/h7-12H,5-6,13-16H2,1-4H3;1H. The molecule has 9 heteroatoms. The molecule has 1 aromatic heterocycles. The van der Waals surface area contributed by atoms with Crippen LogP contribution in [0.3, 0.4) is 0 Å². The highest BCUT2D eigenvalue weighted by Gasteiger charge is 2.30. The lowest BCUT2D eigenvalue weighted by Gasteiger charge is -2.25. The number of aromatic nitrogens is 1. The van der Waals surface area contributed by atoms with Crippen molar-refractivity contribution in [2.24, 2.45) is 0 Å². The number of thiazole rings is 1. The molecular formula is C26H31ClN4O3S. The fourth-order valence-electron chi connectivity index (χ4n) is 4.17. The first-order valence-corrected chi connectivity index (χ1v) is 12.5. The highest BCUT2D eigenvalue weighted by Crippen LogP contribution is 2.33. The molecule has 2 heterocycles. The second kappa shape index (κ2) is 11.3. The van der Waals surface area contributed by atoms with Crippen molar-refractivity contribution in [2.45, 2.75) is 40.5 Å². The summed E-state index contributed by atoms with van der Waals surface area (Å²) in [7, 11) is 0. The molecule has 3 aromatic rings. The summed E-state index contributed by atoms with van der Waals surface area (Å²) >= 11 is 1.52. The molecule has 1 fully saturated rings. The lowest BCUT2D eigenvalue weighted by atomic mass is 10.1. The minimum Gasteiger partial charge on any atom is -0.302 e. The summed E-state index contributed by atoms with van der Waals surface area (Å²) in [5, 5.41) is 0.676. The van der Waals surface area contributed by atoms with Crippen molar-refractivity contribution in [3.05, 3.63) is 53.1 Å². The molecule has 4 rings (SSSR count). The first-order valence-electron chi connectivity index (χ1n) is 11.7. The van der Waals surface area contributed by atoms with Gasteiger partial charge in [0.2, 0.25) is 11.8 Å². The molecule has 35 heavy (non-hydrogen) atoms. The van der Waals surface area contributed by atoms with E-state index in [4.69, 9.17) is 4.98 Å². The van der Waals surface area contributed by atoms with E-state index in [2.05, 4.69) is 44.7 Å². The lowest BCUT2D eigenvalue weighted by Crippen LogP contribution is -2.39. The van der Waals surface area contributed by atoms with Gasteiger partial charge in [0, 0.05) is 31.5 Å². The second-order valence-electron chi connectivity index (χ2n) is 8.50. The Kier molecular flexibility index (Phi) is 8.64. The lowest BCUT2D eigenvalue weighted by molar-refractivity contribution is -0.121. The fraction of sp³-hybridized carbons (Fsp3) is 0.385. The number of likely N-dealkylation sites (N-methyl/N-ethyl adjacent to an activating group) is 1. The van der Waals surface area contributed by atoms with Crippen molar-refractivity contribution in [1.29, 1.82) is 0 Å². The molecule has 0 radical (unpaired) electrons. The quantitative estimate of drug-likeness (QED) is 0.396. The largest absolute Gasteiger partial charge is 0.302 e. The zero-order valence-electron chi connectivity index (χ0n) is 20.5. The predicted molar refractivity (Wildman–Crippen MR) is 144 cm³/mol. The molecule has 0 spiro atoms. The second-order valence-corrected chi connectivity index (χ2v) is 9.51. The number of halogens is 1. The van der Waals surface area contributed by atoms with Crippen molar-refractivity contribution >= 4 is 62.5 Å². The summed E-state index contributed by atoms with van der Waals surface area (Å²) in [5.74, 6) is -0.554. The van der Waals surface area contributed by atoms with Gasteiger partial charge in [0.15, 0.2) is 5.13 Å². The maximum absolute atomic E-state index is 13.7. The smallest absolute Gasteiger partial charge is 0.260 e. The Bertz CT molecular complexity index is 1220. The third-order valence-electron chi connectivity index (χ3n) is 6.51. The van der Waals surface area contributed by atoms with E-state index in [9.17, 15) is 14.4 Å². The molecule has 0 atom stereocenters. The summed E-state index contributed by atoms with van der Waals surface area (Å²) in [5.41, 5.74) is 4.23. The van der Waals surface area contributed by atoms with Gasteiger partial charge in [0.25, 0.3) is 5.91 Å². The molecule has 186 valence electrons. The normalized spacial score (nSPS) is 13.6. The Hall–Kier alpha value is -2.81. The maximum Gasteiger partial charge on any atom is 0.260 e. The van der Waals surface area contributed by atoms with E-state index in [0.717, 1.165) is 35.4 Å². The molecule has 3 amide bonds. The Morgan fingerprint density at radius 1 is 0.971 bits per heavy atom. The molecule has 0 saturated carbocycles. The minimum absolute atomic E-state index is 0. The topological polar surface area (TPSA) is 73.8 Å². The van der Waals surface area contributed by atoms with Gasteiger partial charge >= 0.3 is 0 Å². The number of benzene rings is 2. The summed E-state index contributed by atoms with van der Waals surface area (Å²) < 4.78 is 1.06. The van der Waals surface area contributed by atoms with Gasteiger partial charge in [-0.05, 0) is 68.4 Å². The van der Waals surface area contributed by atoms with E-state index < -0.39 is 0 Å². The summed E-state index contributed by atoms with van der Waals surface area (Å²) in [4.78, 5) is 47.8. The number of hydrogen-bond acceptors (Lipinski definition) is 6. The van der Waals surface area contributed by atoms with Crippen LogP contribution in [0.5, 0.6) is 0 Å². The van der Waals surface area contributed by atoms with E-state index in [1.807, 2.05) is 0 Å². The number of imide groups is 1. The van der Waals surface area contributed by atoms with E-state index in [1.54, 1.807) is 29.2 Å². The molecule has 0 unspecified atom stereocenters. The Morgan fingerprint density at radius 2 is 1.60 bits per heavy atom. The van der Waals surface area contributed by atoms with Gasteiger partial charge in [-0.2, -0.15) is 0 Å². The van der Waals surface area contributed by atoms with Crippen LogP contribution in [0.2, 0.25) is 0 Å². The zero-order valence-corrected chi connectivity index (χ0v) is 22.2. The number of hydrogen-bond donors (Lipinski definition) is 0. The molecule has 1 saturated heterocycles. The van der Waals surface area contributed by atoms with E-state index >= 15 is 0 Å². The van der Waals surface area contributed by atoms with Gasteiger partial charge in [-0.1, -0.05) is 31.3 Å². The average molecular weight is 515 g/mol. The van der Waals surface area contributed by atoms with Gasteiger partial charge in [0.05, 0.1) is 15.9 Å². The van der Waals surface area contributed by atoms with Crippen molar-refractivity contribution in [3.8, 4) is 0 Å². The average Bonchev–Trinajstić information content (AvgIpc) is 3.42. The summed E-state index contributed by atoms with van der Waals surface area (Å²) in [6, 6.07) is 10.9. The monoisotopic (exact) mass is 514 g/mol. The Balaban J connectivity index is 0.00000342. The third-order valence-corrected chi connectivity index (χ3v) is 7.55. The van der Waals surface area contributed by atoms with Gasteiger partial charge < -0.3 is 4.90 Å². The number of amides is 3. The van der Waals surface area contributed by atoms with E-state index in [1.165, 1.54) is 21.8 Å². The van der Waals surface area contributed by atoms with Crippen LogP contribution in [0.15, 0.2) is 36.4 Å². The van der Waals surface area contributed by atoms with Crippen LogP contribution < -0.4 is 9.80 Å². The van der Waals surface area contributed by atoms with Gasteiger partial charge in [0.1, 0.15) is 0 Å². The van der Waals surface area contributed by atoms with Crippen molar-refractivity contribution in [1.82, 2.24) is 9.88 Å². The maximum atomic E-state index is 13.7. The minimum atomic E-state index is -0.204. The Morgan fingerprint density at radius 3 is 2.20 bits per heavy atom. The number of rotatable bonds is 8. The number of fused-ring (bicyclic) bond motifs is 1. The van der Waals surface area contributed by atoms with Crippen LogP contribution in [0.4, 0.5) is 10.8 Å². The number of carbonyl (C=O) groups is 3. The van der Waals surface area contributed by atoms with E-state index in [0.29, 0.717) is 22.9 Å². The summed E-state index contributed by atoms with van der Waals surface area (Å²) in [6.07, 6.45) is 0.463. The SMILES string of the molecule is CCN(CC)CCN(C(=O)c1ccc(N2C(=O)CCC2=O)cc1)c1nc2c(C)c(C)ccc2s1.Cl. The van der Waals surface area contributed by atoms with Crippen LogP contribution in [0.1, 0.15) is 48.2 Å². The molecular weight excluding hydrogens is 484 g/mol. The van der Waals surface area contributed by atoms with E-state index in [-0.39, 0.29) is 43.0 Å². The molecule has 1 aliphatic heterocycles. The van der Waals surface area contributed by atoms with Crippen molar-refractivity contribution in [2.75, 3.05) is 36.0 Å². The Labute approximate surface area is 216 Å². The first kappa shape index (κ1) is 26.8. The van der Waals surface area contributed by atoms with Crippen LogP contribution >= 0.6 is 23.7 Å². The molecule has 0 aliphatic carbocycles. The number of anilines is 2. The van der Waals surface area contributed by atoms with Crippen molar-refractivity contribution in [3.63, 3.8) is 0 Å².